The maximum Gasteiger partial charge on any atom is 0.240 e. The van der Waals surface area contributed by atoms with Crippen molar-refractivity contribution >= 4 is 33.4 Å². The highest BCUT2D eigenvalue weighted by atomic mass is 32.2. The van der Waals surface area contributed by atoms with Gasteiger partial charge in [0, 0.05) is 16.6 Å². The van der Waals surface area contributed by atoms with Crippen LogP contribution in [0.3, 0.4) is 0 Å². The van der Waals surface area contributed by atoms with E-state index >= 15 is 0 Å². The lowest BCUT2D eigenvalue weighted by atomic mass is 10.3. The Morgan fingerprint density at radius 1 is 1.04 bits per heavy atom. The number of anilines is 1. The van der Waals surface area contributed by atoms with E-state index in [-0.39, 0.29) is 22.7 Å². The van der Waals surface area contributed by atoms with Gasteiger partial charge in [0.1, 0.15) is 5.82 Å². The van der Waals surface area contributed by atoms with Crippen molar-refractivity contribution in [1.29, 1.82) is 0 Å². The molecule has 1 atom stereocenters. The third-order valence-electron chi connectivity index (χ3n) is 3.33. The van der Waals surface area contributed by atoms with Crippen molar-refractivity contribution in [1.82, 2.24) is 4.72 Å². The molecule has 0 aliphatic rings. The molecule has 0 aromatic heterocycles. The molecule has 140 valence electrons. The summed E-state index contributed by atoms with van der Waals surface area (Å²) < 4.78 is 40.3. The van der Waals surface area contributed by atoms with Crippen molar-refractivity contribution in [3.8, 4) is 0 Å². The first-order valence-corrected chi connectivity index (χ1v) is 10.4. The minimum Gasteiger partial charge on any atom is -0.325 e. The molecular weight excluding hydrogens is 375 g/mol. The summed E-state index contributed by atoms with van der Waals surface area (Å²) in [5.41, 5.74) is 0.472. The number of halogens is 1. The Labute approximate surface area is 157 Å². The fourth-order valence-electron chi connectivity index (χ4n) is 2.12. The second-order valence-electron chi connectivity index (χ2n) is 5.98. The average Bonchev–Trinajstić information content (AvgIpc) is 2.56. The summed E-state index contributed by atoms with van der Waals surface area (Å²) in [6.45, 7) is 5.15. The second-order valence-corrected chi connectivity index (χ2v) is 9.08. The van der Waals surface area contributed by atoms with Crippen LogP contribution in [0.5, 0.6) is 0 Å². The van der Waals surface area contributed by atoms with Crippen molar-refractivity contribution in [2.24, 2.45) is 0 Å². The third kappa shape index (κ3) is 5.55. The lowest BCUT2D eigenvalue weighted by molar-refractivity contribution is -0.115. The van der Waals surface area contributed by atoms with E-state index in [9.17, 15) is 17.6 Å². The number of benzene rings is 2. The standard InChI is InChI=1S/C18H21FN2O3S2/c1-12(2)21-26(23,24)15-10-8-14(9-11-15)20-18(22)13(3)25-17-7-5-4-6-16(17)19/h4-13,21H,1-3H3,(H,20,22)/t13-/m1/s1. The molecule has 2 N–H and O–H groups in total. The fraction of sp³-hybridized carbons (Fsp3) is 0.278. The van der Waals surface area contributed by atoms with Crippen molar-refractivity contribution in [2.75, 3.05) is 5.32 Å². The number of carbonyl (C=O) groups is 1. The summed E-state index contributed by atoms with van der Waals surface area (Å²) in [4.78, 5) is 12.8. The van der Waals surface area contributed by atoms with Crippen LogP contribution in [0.2, 0.25) is 0 Å². The molecule has 1 amide bonds. The average molecular weight is 397 g/mol. The van der Waals surface area contributed by atoms with Gasteiger partial charge in [-0.25, -0.2) is 17.5 Å². The SMILES string of the molecule is CC(C)NS(=O)(=O)c1ccc(NC(=O)[C@@H](C)Sc2ccccc2F)cc1. The van der Waals surface area contributed by atoms with E-state index in [0.29, 0.717) is 10.6 Å². The Morgan fingerprint density at radius 2 is 1.65 bits per heavy atom. The van der Waals surface area contributed by atoms with Crippen LogP contribution in [0.1, 0.15) is 20.8 Å². The van der Waals surface area contributed by atoms with Gasteiger partial charge in [0.2, 0.25) is 15.9 Å². The smallest absolute Gasteiger partial charge is 0.240 e. The van der Waals surface area contributed by atoms with Crippen LogP contribution in [0.15, 0.2) is 58.3 Å². The van der Waals surface area contributed by atoms with Gasteiger partial charge in [0.05, 0.1) is 10.1 Å². The highest BCUT2D eigenvalue weighted by Gasteiger charge is 2.18. The molecule has 0 saturated carbocycles. The van der Waals surface area contributed by atoms with Gasteiger partial charge < -0.3 is 5.32 Å². The molecule has 5 nitrogen and oxygen atoms in total. The largest absolute Gasteiger partial charge is 0.325 e. The summed E-state index contributed by atoms with van der Waals surface area (Å²) in [7, 11) is -3.58. The van der Waals surface area contributed by atoms with E-state index < -0.39 is 15.3 Å². The monoisotopic (exact) mass is 396 g/mol. The molecule has 0 spiro atoms. The van der Waals surface area contributed by atoms with Crippen molar-refractivity contribution < 1.29 is 17.6 Å². The first kappa shape index (κ1) is 20.4. The number of hydrogen-bond acceptors (Lipinski definition) is 4. The minimum atomic E-state index is -3.58. The van der Waals surface area contributed by atoms with Crippen LogP contribution in [-0.4, -0.2) is 25.6 Å². The van der Waals surface area contributed by atoms with E-state index in [0.717, 1.165) is 11.8 Å². The van der Waals surface area contributed by atoms with Gasteiger partial charge in [-0.3, -0.25) is 4.79 Å². The topological polar surface area (TPSA) is 75.3 Å². The fourth-order valence-corrected chi connectivity index (χ4v) is 4.26. The minimum absolute atomic E-state index is 0.123. The molecule has 0 saturated heterocycles. The van der Waals surface area contributed by atoms with Crippen LogP contribution in [-0.2, 0) is 14.8 Å². The molecule has 0 radical (unpaired) electrons. The molecule has 8 heteroatoms. The number of thioether (sulfide) groups is 1. The van der Waals surface area contributed by atoms with Crippen LogP contribution in [0.4, 0.5) is 10.1 Å². The van der Waals surface area contributed by atoms with E-state index in [1.165, 1.54) is 30.3 Å². The lowest BCUT2D eigenvalue weighted by Gasteiger charge is -2.13. The van der Waals surface area contributed by atoms with Crippen LogP contribution < -0.4 is 10.0 Å². The molecule has 2 aromatic rings. The van der Waals surface area contributed by atoms with Gasteiger partial charge in [-0.15, -0.1) is 11.8 Å². The number of nitrogens with one attached hydrogen (secondary N) is 2. The Balaban J connectivity index is 2.02. The van der Waals surface area contributed by atoms with Crippen LogP contribution in [0.25, 0.3) is 0 Å². The quantitative estimate of drug-likeness (QED) is 0.701. The van der Waals surface area contributed by atoms with Crippen molar-refractivity contribution in [3.05, 3.63) is 54.3 Å². The zero-order chi connectivity index (χ0) is 19.3. The van der Waals surface area contributed by atoms with Crippen LogP contribution >= 0.6 is 11.8 Å². The van der Waals surface area contributed by atoms with Gasteiger partial charge in [0.25, 0.3) is 0 Å². The molecule has 2 rings (SSSR count). The molecule has 2 aromatic carbocycles. The second kappa shape index (κ2) is 8.66. The molecule has 0 unspecified atom stereocenters. The number of hydrogen-bond donors (Lipinski definition) is 2. The van der Waals surface area contributed by atoms with Gasteiger partial charge in [0.15, 0.2) is 0 Å². The predicted octanol–water partition coefficient (Wildman–Crippen LogP) is 3.63. The number of rotatable bonds is 7. The van der Waals surface area contributed by atoms with Crippen LogP contribution in [0, 0.1) is 5.82 Å². The van der Waals surface area contributed by atoms with Crippen molar-refractivity contribution in [3.63, 3.8) is 0 Å². The number of amides is 1. The van der Waals surface area contributed by atoms with E-state index in [2.05, 4.69) is 10.0 Å². The highest BCUT2D eigenvalue weighted by molar-refractivity contribution is 8.00. The first-order valence-electron chi connectivity index (χ1n) is 8.03. The molecule has 0 heterocycles. The Bertz CT molecular complexity index is 868. The van der Waals surface area contributed by atoms with E-state index in [1.54, 1.807) is 39.0 Å². The third-order valence-corrected chi connectivity index (χ3v) is 6.16. The van der Waals surface area contributed by atoms with Crippen molar-refractivity contribution in [2.45, 2.75) is 41.9 Å². The number of sulfonamides is 1. The van der Waals surface area contributed by atoms with Gasteiger partial charge in [-0.05, 0) is 57.2 Å². The molecule has 0 bridgehead atoms. The maximum absolute atomic E-state index is 13.7. The number of carbonyl (C=O) groups excluding carboxylic acids is 1. The Kier molecular flexibility index (Phi) is 6.80. The molecule has 0 fully saturated rings. The summed E-state index contributed by atoms with van der Waals surface area (Å²) >= 11 is 1.12. The van der Waals surface area contributed by atoms with Gasteiger partial charge in [-0.2, -0.15) is 0 Å². The maximum atomic E-state index is 13.7. The molecule has 0 aliphatic carbocycles. The lowest BCUT2D eigenvalue weighted by Crippen LogP contribution is -2.30. The molecule has 26 heavy (non-hydrogen) atoms. The molecule has 0 aliphatic heterocycles. The summed E-state index contributed by atoms with van der Waals surface area (Å²) in [6, 6.07) is 11.9. The zero-order valence-electron chi connectivity index (χ0n) is 14.7. The molecular formula is C18H21FN2O3S2. The van der Waals surface area contributed by atoms with Gasteiger partial charge >= 0.3 is 0 Å². The normalized spacial score (nSPS) is 12.8. The summed E-state index contributed by atoms with van der Waals surface area (Å²) in [6.07, 6.45) is 0. The van der Waals surface area contributed by atoms with E-state index in [4.69, 9.17) is 0 Å². The first-order chi connectivity index (χ1) is 12.2. The Morgan fingerprint density at radius 3 is 2.23 bits per heavy atom. The zero-order valence-corrected chi connectivity index (χ0v) is 16.3. The summed E-state index contributed by atoms with van der Waals surface area (Å²) in [5.74, 6) is -0.668. The van der Waals surface area contributed by atoms with E-state index in [1.807, 2.05) is 0 Å². The summed E-state index contributed by atoms with van der Waals surface area (Å²) in [5, 5.41) is 2.19. The van der Waals surface area contributed by atoms with Gasteiger partial charge in [-0.1, -0.05) is 12.1 Å². The predicted molar refractivity (Wildman–Crippen MR) is 102 cm³/mol. The Hall–Kier alpha value is -1.90. The highest BCUT2D eigenvalue weighted by Crippen LogP contribution is 2.26.